The minimum Gasteiger partial charge on any atom is -0.254 e. The molecule has 3 heteroatoms. The predicted molar refractivity (Wildman–Crippen MR) is 75.6 cm³/mol. The second-order valence-corrected chi connectivity index (χ2v) is 6.13. The van der Waals surface area contributed by atoms with Crippen LogP contribution < -0.4 is 0 Å². The Balaban J connectivity index is 2.00. The highest BCUT2D eigenvalue weighted by Crippen LogP contribution is 2.17. The lowest BCUT2D eigenvalue weighted by Crippen LogP contribution is -2.01. The van der Waals surface area contributed by atoms with E-state index in [4.69, 9.17) is 0 Å². The van der Waals surface area contributed by atoms with E-state index >= 15 is 0 Å². The SMILES string of the molecule is O=S(CCc1ccccc1Br)c1ccccc1. The Morgan fingerprint density at radius 2 is 1.59 bits per heavy atom. The van der Waals surface area contributed by atoms with Crippen LogP contribution >= 0.6 is 15.9 Å². The lowest BCUT2D eigenvalue weighted by Gasteiger charge is -2.04. The van der Waals surface area contributed by atoms with Crippen LogP contribution in [-0.4, -0.2) is 9.96 Å². The Morgan fingerprint density at radius 3 is 2.29 bits per heavy atom. The highest BCUT2D eigenvalue weighted by Gasteiger charge is 2.05. The summed E-state index contributed by atoms with van der Waals surface area (Å²) < 4.78 is 13.1. The van der Waals surface area contributed by atoms with E-state index in [2.05, 4.69) is 22.0 Å². The first-order chi connectivity index (χ1) is 8.27. The van der Waals surface area contributed by atoms with E-state index in [0.29, 0.717) is 5.75 Å². The number of hydrogen-bond acceptors (Lipinski definition) is 1. The van der Waals surface area contributed by atoms with Crippen molar-refractivity contribution in [3.8, 4) is 0 Å². The summed E-state index contributed by atoms with van der Waals surface area (Å²) in [6.45, 7) is 0. The molecule has 0 aromatic heterocycles. The molecule has 0 saturated heterocycles. The van der Waals surface area contributed by atoms with Crippen LogP contribution in [0.1, 0.15) is 5.56 Å². The van der Waals surface area contributed by atoms with Crippen molar-refractivity contribution in [1.29, 1.82) is 0 Å². The van der Waals surface area contributed by atoms with Gasteiger partial charge in [0.25, 0.3) is 0 Å². The minimum atomic E-state index is -0.913. The third-order valence-electron chi connectivity index (χ3n) is 2.52. The second-order valence-electron chi connectivity index (χ2n) is 3.70. The number of benzene rings is 2. The van der Waals surface area contributed by atoms with Crippen LogP contribution in [0.15, 0.2) is 64.0 Å². The smallest absolute Gasteiger partial charge is 0.0532 e. The van der Waals surface area contributed by atoms with E-state index in [1.807, 2.05) is 48.5 Å². The second kappa shape index (κ2) is 6.12. The van der Waals surface area contributed by atoms with Crippen LogP contribution in [0.5, 0.6) is 0 Å². The number of aryl methyl sites for hydroxylation is 1. The lowest BCUT2D eigenvalue weighted by molar-refractivity contribution is 0.682. The zero-order chi connectivity index (χ0) is 12.1. The van der Waals surface area contributed by atoms with Gasteiger partial charge < -0.3 is 0 Å². The molecular formula is C14H13BrOS. The molecule has 1 atom stereocenters. The van der Waals surface area contributed by atoms with Crippen molar-refractivity contribution in [2.45, 2.75) is 11.3 Å². The molecule has 0 N–H and O–H groups in total. The van der Waals surface area contributed by atoms with Crippen molar-refractivity contribution in [3.63, 3.8) is 0 Å². The summed E-state index contributed by atoms with van der Waals surface area (Å²) in [4.78, 5) is 0.902. The van der Waals surface area contributed by atoms with E-state index in [1.54, 1.807) is 0 Å². The summed E-state index contributed by atoms with van der Waals surface area (Å²) in [5.74, 6) is 0.659. The van der Waals surface area contributed by atoms with Crippen molar-refractivity contribution in [1.82, 2.24) is 0 Å². The summed E-state index contributed by atoms with van der Waals surface area (Å²) >= 11 is 3.50. The average molecular weight is 309 g/mol. The first kappa shape index (κ1) is 12.5. The van der Waals surface area contributed by atoms with Gasteiger partial charge in [0.2, 0.25) is 0 Å². The van der Waals surface area contributed by atoms with Crippen LogP contribution in [0.2, 0.25) is 0 Å². The summed E-state index contributed by atoms with van der Waals surface area (Å²) in [6.07, 6.45) is 0.822. The molecule has 17 heavy (non-hydrogen) atoms. The quantitative estimate of drug-likeness (QED) is 0.839. The topological polar surface area (TPSA) is 17.1 Å². The maximum absolute atomic E-state index is 12.0. The van der Waals surface area contributed by atoms with Crippen LogP contribution in [0, 0.1) is 0 Å². The van der Waals surface area contributed by atoms with E-state index in [0.717, 1.165) is 15.8 Å². The third kappa shape index (κ3) is 3.51. The predicted octanol–water partition coefficient (Wildman–Crippen LogP) is 3.80. The van der Waals surface area contributed by atoms with Gasteiger partial charge in [0.05, 0.1) is 10.8 Å². The van der Waals surface area contributed by atoms with Crippen molar-refractivity contribution in [2.24, 2.45) is 0 Å². The normalized spacial score (nSPS) is 12.3. The third-order valence-corrected chi connectivity index (χ3v) is 4.67. The molecule has 0 aliphatic heterocycles. The molecule has 0 aliphatic carbocycles. The Bertz CT molecular complexity index is 511. The van der Waals surface area contributed by atoms with Gasteiger partial charge in [-0.15, -0.1) is 0 Å². The average Bonchev–Trinajstić information content (AvgIpc) is 2.38. The molecule has 2 rings (SSSR count). The zero-order valence-corrected chi connectivity index (χ0v) is 11.7. The van der Waals surface area contributed by atoms with Crippen LogP contribution in [0.3, 0.4) is 0 Å². The van der Waals surface area contributed by atoms with Gasteiger partial charge in [0.15, 0.2) is 0 Å². The van der Waals surface area contributed by atoms with Gasteiger partial charge in [-0.25, -0.2) is 0 Å². The largest absolute Gasteiger partial charge is 0.254 e. The Labute approximate surface area is 112 Å². The fraction of sp³-hybridized carbons (Fsp3) is 0.143. The van der Waals surface area contributed by atoms with Gasteiger partial charge in [-0.05, 0) is 30.2 Å². The molecule has 0 amide bonds. The van der Waals surface area contributed by atoms with E-state index < -0.39 is 10.8 Å². The van der Waals surface area contributed by atoms with Crippen molar-refractivity contribution >= 4 is 26.7 Å². The molecule has 0 fully saturated rings. The lowest BCUT2D eigenvalue weighted by atomic mass is 10.2. The molecule has 2 aromatic carbocycles. The highest BCUT2D eigenvalue weighted by atomic mass is 79.9. The highest BCUT2D eigenvalue weighted by molar-refractivity contribution is 9.10. The molecule has 0 spiro atoms. The Kier molecular flexibility index (Phi) is 4.51. The molecule has 88 valence electrons. The molecule has 2 aromatic rings. The molecule has 0 saturated carbocycles. The van der Waals surface area contributed by atoms with E-state index in [-0.39, 0.29) is 0 Å². The molecule has 1 unspecified atom stereocenters. The summed E-state index contributed by atoms with van der Waals surface area (Å²) in [6, 6.07) is 17.7. The van der Waals surface area contributed by atoms with Gasteiger partial charge in [0, 0.05) is 15.1 Å². The zero-order valence-electron chi connectivity index (χ0n) is 9.30. The van der Waals surface area contributed by atoms with Crippen LogP contribution in [-0.2, 0) is 17.2 Å². The molecule has 0 radical (unpaired) electrons. The monoisotopic (exact) mass is 308 g/mol. The van der Waals surface area contributed by atoms with Crippen LogP contribution in [0.25, 0.3) is 0 Å². The van der Waals surface area contributed by atoms with Crippen molar-refractivity contribution in [2.75, 3.05) is 5.75 Å². The van der Waals surface area contributed by atoms with Gasteiger partial charge in [-0.1, -0.05) is 52.3 Å². The van der Waals surface area contributed by atoms with Crippen molar-refractivity contribution in [3.05, 3.63) is 64.6 Å². The molecule has 0 heterocycles. The summed E-state index contributed by atoms with van der Waals surface area (Å²) in [7, 11) is -0.913. The number of halogens is 1. The van der Waals surface area contributed by atoms with Gasteiger partial charge in [-0.2, -0.15) is 0 Å². The number of rotatable bonds is 4. The fourth-order valence-electron chi connectivity index (χ4n) is 1.59. The van der Waals surface area contributed by atoms with E-state index in [1.165, 1.54) is 5.56 Å². The maximum Gasteiger partial charge on any atom is 0.0532 e. The van der Waals surface area contributed by atoms with Crippen molar-refractivity contribution < 1.29 is 4.21 Å². The molecule has 0 aliphatic rings. The Hall–Kier alpha value is -0.930. The summed E-state index contributed by atoms with van der Waals surface area (Å²) in [5, 5.41) is 0. The first-order valence-corrected chi connectivity index (χ1v) is 7.55. The molecular weight excluding hydrogens is 296 g/mol. The fourth-order valence-corrected chi connectivity index (χ4v) is 3.18. The standard InChI is InChI=1S/C14H13BrOS/c15-14-9-5-4-6-12(14)10-11-17(16)13-7-2-1-3-8-13/h1-9H,10-11H2. The molecule has 1 nitrogen and oxygen atoms in total. The Morgan fingerprint density at radius 1 is 0.941 bits per heavy atom. The first-order valence-electron chi connectivity index (χ1n) is 5.44. The van der Waals surface area contributed by atoms with E-state index in [9.17, 15) is 4.21 Å². The van der Waals surface area contributed by atoms with Crippen LogP contribution in [0.4, 0.5) is 0 Å². The summed E-state index contributed by atoms with van der Waals surface area (Å²) in [5.41, 5.74) is 1.21. The van der Waals surface area contributed by atoms with Gasteiger partial charge >= 0.3 is 0 Å². The van der Waals surface area contributed by atoms with Gasteiger partial charge in [-0.3, -0.25) is 4.21 Å². The maximum atomic E-state index is 12.0. The molecule has 0 bridgehead atoms. The van der Waals surface area contributed by atoms with Gasteiger partial charge in [0.1, 0.15) is 0 Å². The number of hydrogen-bond donors (Lipinski definition) is 0. The minimum absolute atomic E-state index is 0.659.